The molecule has 0 unspecified atom stereocenters. The molecule has 0 spiro atoms. The maximum absolute atomic E-state index is 11.0. The first-order chi connectivity index (χ1) is 6.26. The minimum atomic E-state index is 0.0657. The second-order valence-electron chi connectivity index (χ2n) is 3.43. The molecule has 2 nitrogen and oxygen atoms in total. The van der Waals surface area contributed by atoms with Crippen LogP contribution in [0.3, 0.4) is 0 Å². The molecule has 0 bridgehead atoms. The molecule has 0 radical (unpaired) electrons. The molecule has 1 saturated carbocycles. The zero-order valence-electron chi connectivity index (χ0n) is 7.95. The maximum Gasteiger partial charge on any atom is 0.229 e. The topological polar surface area (TPSA) is 29.1 Å². The van der Waals surface area contributed by atoms with E-state index in [0.29, 0.717) is 11.8 Å². The number of carbonyl (C=O) groups excluding carboxylic acids is 1. The second-order valence-corrected chi connectivity index (χ2v) is 4.89. The van der Waals surface area contributed by atoms with Crippen LogP contribution < -0.4 is 5.32 Å². The zero-order valence-corrected chi connectivity index (χ0v) is 9.66. The van der Waals surface area contributed by atoms with E-state index in [1.165, 1.54) is 12.8 Å². The van der Waals surface area contributed by atoms with Gasteiger partial charge in [0.25, 0.3) is 0 Å². The third kappa shape index (κ3) is 3.81. The molecule has 0 atom stereocenters. The third-order valence-corrected chi connectivity index (χ3v) is 3.94. The van der Waals surface area contributed by atoms with E-state index in [1.807, 2.05) is 11.8 Å². The Morgan fingerprint density at radius 1 is 1.46 bits per heavy atom. The first kappa shape index (κ1) is 11.2. The van der Waals surface area contributed by atoms with Gasteiger partial charge in [0.05, 0.1) is 5.75 Å². The summed E-state index contributed by atoms with van der Waals surface area (Å²) in [6.07, 6.45) is 6.89. The fourth-order valence-corrected chi connectivity index (χ4v) is 2.55. The minimum absolute atomic E-state index is 0.0657. The van der Waals surface area contributed by atoms with Crippen molar-refractivity contribution >= 4 is 30.3 Å². The molecule has 0 aromatic carbocycles. The van der Waals surface area contributed by atoms with Crippen molar-refractivity contribution in [3.8, 4) is 0 Å². The summed E-state index contributed by atoms with van der Waals surface area (Å²) in [6.45, 7) is 0. The van der Waals surface area contributed by atoms with E-state index in [-0.39, 0.29) is 5.91 Å². The van der Waals surface area contributed by atoms with Crippen LogP contribution in [-0.4, -0.2) is 29.2 Å². The van der Waals surface area contributed by atoms with Crippen LogP contribution in [0.15, 0.2) is 0 Å². The summed E-state index contributed by atoms with van der Waals surface area (Å²) in [5.74, 6) is 0.374. The van der Waals surface area contributed by atoms with Crippen LogP contribution in [-0.2, 0) is 4.79 Å². The fraction of sp³-hybridized carbons (Fsp3) is 0.889. The number of amides is 1. The van der Waals surface area contributed by atoms with Gasteiger partial charge in [-0.1, -0.05) is 0 Å². The maximum atomic E-state index is 11.0. The summed E-state index contributed by atoms with van der Waals surface area (Å²) in [4.78, 5) is 11.0. The van der Waals surface area contributed by atoms with E-state index in [4.69, 9.17) is 0 Å². The lowest BCUT2D eigenvalue weighted by molar-refractivity contribution is -0.119. The smallest absolute Gasteiger partial charge is 0.229 e. The third-order valence-electron chi connectivity index (χ3n) is 2.52. The Hall–Kier alpha value is 0.170. The Bertz CT molecular complexity index is 167. The van der Waals surface area contributed by atoms with Crippen molar-refractivity contribution in [1.82, 2.24) is 5.32 Å². The Kier molecular flexibility index (Phi) is 5.02. The van der Waals surface area contributed by atoms with Crippen molar-refractivity contribution in [3.05, 3.63) is 0 Å². The Labute approximate surface area is 89.6 Å². The predicted molar refractivity (Wildman–Crippen MR) is 61.6 cm³/mol. The number of thiol groups is 1. The van der Waals surface area contributed by atoms with Crippen molar-refractivity contribution in [2.75, 3.05) is 12.0 Å². The summed E-state index contributed by atoms with van der Waals surface area (Å²) < 4.78 is 0. The lowest BCUT2D eigenvalue weighted by atomic mass is 9.95. The van der Waals surface area contributed by atoms with Crippen LogP contribution in [0.2, 0.25) is 0 Å². The highest BCUT2D eigenvalue weighted by atomic mass is 32.2. The highest BCUT2D eigenvalue weighted by Gasteiger charge is 2.20. The molecule has 76 valence electrons. The van der Waals surface area contributed by atoms with Gasteiger partial charge in [0, 0.05) is 11.3 Å². The van der Waals surface area contributed by atoms with E-state index in [0.717, 1.165) is 18.1 Å². The normalized spacial score (nSPS) is 28.5. The molecule has 1 amide bonds. The molecule has 1 rings (SSSR count). The predicted octanol–water partition coefficient (Wildman–Crippen LogP) is 1.71. The van der Waals surface area contributed by atoms with Gasteiger partial charge >= 0.3 is 0 Å². The highest BCUT2D eigenvalue weighted by molar-refractivity contribution is 7.99. The van der Waals surface area contributed by atoms with Crippen molar-refractivity contribution in [2.24, 2.45) is 0 Å². The molecule has 0 heterocycles. The zero-order chi connectivity index (χ0) is 9.68. The molecular formula is C9H17NOS2. The van der Waals surface area contributed by atoms with E-state index in [9.17, 15) is 4.79 Å². The first-order valence-corrected chi connectivity index (χ1v) is 6.61. The molecule has 1 N–H and O–H groups in total. The molecule has 0 saturated heterocycles. The van der Waals surface area contributed by atoms with Crippen LogP contribution in [0.4, 0.5) is 0 Å². The van der Waals surface area contributed by atoms with Gasteiger partial charge in [-0.25, -0.2) is 0 Å². The minimum Gasteiger partial charge on any atom is -0.353 e. The van der Waals surface area contributed by atoms with Gasteiger partial charge in [-0.2, -0.15) is 24.4 Å². The lowest BCUT2D eigenvalue weighted by Crippen LogP contribution is -2.38. The fourth-order valence-electron chi connectivity index (χ4n) is 1.72. The average Bonchev–Trinajstić information content (AvgIpc) is 2.19. The van der Waals surface area contributed by atoms with Crippen LogP contribution in [0.5, 0.6) is 0 Å². The molecule has 0 aromatic heterocycles. The Morgan fingerprint density at radius 3 is 2.54 bits per heavy atom. The number of hydrogen-bond donors (Lipinski definition) is 2. The standard InChI is InChI=1S/C9H17NOS2/c1-13-8-4-2-7(3-5-8)10-9(11)6-12/h7-8,12H,2-6H2,1H3,(H,10,11). The molecule has 4 heteroatoms. The van der Waals surface area contributed by atoms with Gasteiger partial charge in [-0.05, 0) is 31.9 Å². The van der Waals surface area contributed by atoms with Crippen molar-refractivity contribution < 1.29 is 4.79 Å². The molecule has 1 aliphatic carbocycles. The SMILES string of the molecule is CSC1CCC(NC(=O)CS)CC1. The first-order valence-electron chi connectivity index (χ1n) is 4.69. The van der Waals surface area contributed by atoms with Gasteiger partial charge in [0.1, 0.15) is 0 Å². The average molecular weight is 219 g/mol. The summed E-state index contributed by atoms with van der Waals surface area (Å²) in [7, 11) is 0. The summed E-state index contributed by atoms with van der Waals surface area (Å²) in [5, 5.41) is 3.80. The molecule has 0 aliphatic heterocycles. The largest absolute Gasteiger partial charge is 0.353 e. The molecule has 13 heavy (non-hydrogen) atoms. The van der Waals surface area contributed by atoms with E-state index in [2.05, 4.69) is 24.2 Å². The number of thioether (sulfide) groups is 1. The molecule has 1 fully saturated rings. The van der Waals surface area contributed by atoms with Crippen LogP contribution in [0, 0.1) is 0 Å². The highest BCUT2D eigenvalue weighted by Crippen LogP contribution is 2.26. The van der Waals surface area contributed by atoms with Gasteiger partial charge in [-0.3, -0.25) is 4.79 Å². The summed E-state index contributed by atoms with van der Waals surface area (Å²) in [5.41, 5.74) is 0. The number of hydrogen-bond acceptors (Lipinski definition) is 3. The van der Waals surface area contributed by atoms with Crippen molar-refractivity contribution in [3.63, 3.8) is 0 Å². The quantitative estimate of drug-likeness (QED) is 0.708. The Morgan fingerprint density at radius 2 is 2.08 bits per heavy atom. The van der Waals surface area contributed by atoms with Gasteiger partial charge in [0.15, 0.2) is 0 Å². The number of rotatable bonds is 3. The molecule has 0 aromatic rings. The number of carbonyl (C=O) groups is 1. The summed E-state index contributed by atoms with van der Waals surface area (Å²) in [6, 6.07) is 0.406. The monoisotopic (exact) mass is 219 g/mol. The van der Waals surface area contributed by atoms with E-state index < -0.39 is 0 Å². The number of nitrogens with one attached hydrogen (secondary N) is 1. The summed E-state index contributed by atoms with van der Waals surface area (Å²) >= 11 is 5.88. The van der Waals surface area contributed by atoms with Crippen molar-refractivity contribution in [2.45, 2.75) is 37.0 Å². The second kappa shape index (κ2) is 5.81. The van der Waals surface area contributed by atoms with Crippen LogP contribution >= 0.6 is 24.4 Å². The van der Waals surface area contributed by atoms with Crippen LogP contribution in [0.1, 0.15) is 25.7 Å². The van der Waals surface area contributed by atoms with E-state index >= 15 is 0 Å². The molecular weight excluding hydrogens is 202 g/mol. The Balaban J connectivity index is 2.21. The van der Waals surface area contributed by atoms with Crippen LogP contribution in [0.25, 0.3) is 0 Å². The lowest BCUT2D eigenvalue weighted by Gasteiger charge is -2.27. The molecule has 1 aliphatic rings. The van der Waals surface area contributed by atoms with E-state index in [1.54, 1.807) is 0 Å². The van der Waals surface area contributed by atoms with Gasteiger partial charge in [0.2, 0.25) is 5.91 Å². The van der Waals surface area contributed by atoms with Crippen molar-refractivity contribution in [1.29, 1.82) is 0 Å². The van der Waals surface area contributed by atoms with Gasteiger partial charge in [-0.15, -0.1) is 0 Å². The van der Waals surface area contributed by atoms with Gasteiger partial charge < -0.3 is 5.32 Å².